The molecule has 2 N–H and O–H groups in total. The molecule has 0 spiro atoms. The summed E-state index contributed by atoms with van der Waals surface area (Å²) < 4.78 is 0. The molecule has 2 aromatic rings. The van der Waals surface area contributed by atoms with Gasteiger partial charge >= 0.3 is 0 Å². The van der Waals surface area contributed by atoms with Gasteiger partial charge in [0.2, 0.25) is 0 Å². The number of nitriles is 2. The molecule has 0 aliphatic carbocycles. The summed E-state index contributed by atoms with van der Waals surface area (Å²) in [5.74, 6) is -0.00898. The molecule has 30 heavy (non-hydrogen) atoms. The molecule has 0 heterocycles. The van der Waals surface area contributed by atoms with Crippen LogP contribution in [-0.4, -0.2) is 50.8 Å². The molecular formula is C22H22N6O2. The monoisotopic (exact) mass is 402 g/mol. The van der Waals surface area contributed by atoms with Crippen LogP contribution in [0.4, 0.5) is 11.4 Å². The second-order valence-electron chi connectivity index (χ2n) is 6.71. The van der Waals surface area contributed by atoms with Crippen LogP contribution < -0.4 is 9.80 Å². The van der Waals surface area contributed by atoms with Gasteiger partial charge in [0.1, 0.15) is 23.6 Å². The van der Waals surface area contributed by atoms with Crippen molar-refractivity contribution in [2.24, 2.45) is 9.98 Å². The first-order valence-electron chi connectivity index (χ1n) is 8.90. The van der Waals surface area contributed by atoms with Crippen LogP contribution in [0.2, 0.25) is 0 Å². The van der Waals surface area contributed by atoms with Gasteiger partial charge in [0.05, 0.1) is 0 Å². The number of aromatic hydroxyl groups is 2. The van der Waals surface area contributed by atoms with Gasteiger partial charge in [-0.15, -0.1) is 0 Å². The van der Waals surface area contributed by atoms with E-state index in [0.29, 0.717) is 11.1 Å². The predicted molar refractivity (Wildman–Crippen MR) is 118 cm³/mol. The van der Waals surface area contributed by atoms with E-state index in [9.17, 15) is 20.7 Å². The maximum atomic E-state index is 10.1. The number of hydrogen-bond acceptors (Lipinski definition) is 8. The van der Waals surface area contributed by atoms with Gasteiger partial charge in [-0.1, -0.05) is 0 Å². The minimum Gasteiger partial charge on any atom is -0.507 e. The van der Waals surface area contributed by atoms with E-state index in [4.69, 9.17) is 0 Å². The van der Waals surface area contributed by atoms with Crippen molar-refractivity contribution in [3.63, 3.8) is 0 Å². The van der Waals surface area contributed by atoms with E-state index in [1.54, 1.807) is 36.4 Å². The number of nitrogens with zero attached hydrogens (tertiary/aromatic N) is 6. The van der Waals surface area contributed by atoms with Gasteiger partial charge in [-0.2, -0.15) is 10.5 Å². The quantitative estimate of drug-likeness (QED) is 0.566. The van der Waals surface area contributed by atoms with Gasteiger partial charge in [-0.25, -0.2) is 9.98 Å². The zero-order valence-corrected chi connectivity index (χ0v) is 17.2. The fourth-order valence-electron chi connectivity index (χ4n) is 2.39. The Kier molecular flexibility index (Phi) is 7.16. The van der Waals surface area contributed by atoms with E-state index in [2.05, 4.69) is 9.98 Å². The van der Waals surface area contributed by atoms with Gasteiger partial charge in [0, 0.05) is 75.3 Å². The Balaban J connectivity index is 2.33. The summed E-state index contributed by atoms with van der Waals surface area (Å²) in [6, 6.07) is 13.7. The van der Waals surface area contributed by atoms with Crippen LogP contribution in [-0.2, 0) is 0 Å². The first kappa shape index (κ1) is 22.0. The number of benzene rings is 2. The SMILES string of the molecule is CN(C)c1ccc(C=N/C(C#N)=C(/C#N)N=Cc2ccc(N(C)C)cc2O)c(O)c1. The molecule has 2 rings (SSSR count). The lowest BCUT2D eigenvalue weighted by Crippen LogP contribution is -2.08. The maximum absolute atomic E-state index is 10.1. The first-order chi connectivity index (χ1) is 14.3. The minimum atomic E-state index is -0.214. The fraction of sp³-hybridized carbons (Fsp3) is 0.182. The van der Waals surface area contributed by atoms with E-state index in [-0.39, 0.29) is 22.9 Å². The number of phenols is 2. The molecule has 0 atom stereocenters. The molecule has 0 bridgehead atoms. The van der Waals surface area contributed by atoms with Gasteiger partial charge in [0.25, 0.3) is 0 Å². The number of allylic oxidation sites excluding steroid dienone is 2. The smallest absolute Gasteiger partial charge is 0.176 e. The molecule has 0 unspecified atom stereocenters. The largest absolute Gasteiger partial charge is 0.507 e. The zero-order chi connectivity index (χ0) is 22.3. The summed E-state index contributed by atoms with van der Waals surface area (Å²) in [5.41, 5.74) is 1.98. The van der Waals surface area contributed by atoms with Crippen LogP contribution >= 0.6 is 0 Å². The van der Waals surface area contributed by atoms with Crippen molar-refractivity contribution in [1.82, 2.24) is 0 Å². The molecule has 0 saturated carbocycles. The van der Waals surface area contributed by atoms with Gasteiger partial charge < -0.3 is 20.0 Å². The Morgan fingerprint density at radius 2 is 1.13 bits per heavy atom. The number of rotatable bonds is 6. The topological polar surface area (TPSA) is 119 Å². The minimum absolute atomic E-state index is 0.00449. The number of aliphatic imine (C=N–C) groups is 2. The third-order valence-corrected chi connectivity index (χ3v) is 4.16. The lowest BCUT2D eigenvalue weighted by atomic mass is 10.2. The zero-order valence-electron chi connectivity index (χ0n) is 17.2. The summed E-state index contributed by atoms with van der Waals surface area (Å²) in [4.78, 5) is 11.7. The van der Waals surface area contributed by atoms with Crippen molar-refractivity contribution in [2.45, 2.75) is 0 Å². The molecule has 152 valence electrons. The van der Waals surface area contributed by atoms with Crippen molar-refractivity contribution < 1.29 is 10.2 Å². The van der Waals surface area contributed by atoms with Crippen LogP contribution in [0.15, 0.2) is 57.8 Å². The van der Waals surface area contributed by atoms with Crippen molar-refractivity contribution in [1.29, 1.82) is 10.5 Å². The molecule has 0 amide bonds. The van der Waals surface area contributed by atoms with Crippen LogP contribution in [0.5, 0.6) is 11.5 Å². The van der Waals surface area contributed by atoms with E-state index in [0.717, 1.165) is 11.4 Å². The maximum Gasteiger partial charge on any atom is 0.176 e. The highest BCUT2D eigenvalue weighted by Crippen LogP contribution is 2.24. The van der Waals surface area contributed by atoms with E-state index >= 15 is 0 Å². The molecule has 0 aliphatic heterocycles. The summed E-state index contributed by atoms with van der Waals surface area (Å²) in [6.45, 7) is 0. The van der Waals surface area contributed by atoms with Crippen LogP contribution in [0.1, 0.15) is 11.1 Å². The summed E-state index contributed by atoms with van der Waals surface area (Å²) in [5, 5.41) is 39.0. The van der Waals surface area contributed by atoms with E-state index in [1.165, 1.54) is 12.4 Å². The molecule has 8 nitrogen and oxygen atoms in total. The predicted octanol–water partition coefficient (Wildman–Crippen LogP) is 3.03. The number of anilines is 2. The Labute approximate surface area is 175 Å². The standard InChI is InChI=1S/C22H22N6O2/c1-27(2)17-7-5-15(21(29)9-17)13-25-19(11-23)20(12-24)26-14-16-6-8-18(28(3)4)10-22(16)30/h5-10,13-14,29-30H,1-4H3/b20-19-,25-13?,26-14?. The fourth-order valence-corrected chi connectivity index (χ4v) is 2.39. The third kappa shape index (κ3) is 5.37. The van der Waals surface area contributed by atoms with Crippen LogP contribution in [0, 0.1) is 22.7 Å². The lowest BCUT2D eigenvalue weighted by Gasteiger charge is -2.13. The highest BCUT2D eigenvalue weighted by Gasteiger charge is 2.07. The summed E-state index contributed by atoms with van der Waals surface area (Å²) >= 11 is 0. The van der Waals surface area contributed by atoms with Gasteiger partial charge in [0.15, 0.2) is 11.4 Å². The Morgan fingerprint density at radius 1 is 0.767 bits per heavy atom. The second-order valence-corrected chi connectivity index (χ2v) is 6.71. The van der Waals surface area contributed by atoms with Crippen molar-refractivity contribution in [3.05, 3.63) is 58.9 Å². The Morgan fingerprint density at radius 3 is 1.40 bits per heavy atom. The molecule has 0 radical (unpaired) electrons. The van der Waals surface area contributed by atoms with Crippen molar-refractivity contribution >= 4 is 23.8 Å². The molecule has 8 heteroatoms. The first-order valence-corrected chi connectivity index (χ1v) is 8.90. The average Bonchev–Trinajstić information content (AvgIpc) is 2.71. The molecular weight excluding hydrogens is 380 g/mol. The lowest BCUT2D eigenvalue weighted by molar-refractivity contribution is 0.474. The van der Waals surface area contributed by atoms with E-state index in [1.807, 2.05) is 50.1 Å². The third-order valence-electron chi connectivity index (χ3n) is 4.16. The second kappa shape index (κ2) is 9.76. The van der Waals surface area contributed by atoms with Crippen LogP contribution in [0.3, 0.4) is 0 Å². The number of phenolic OH excluding ortho intramolecular Hbond substituents is 2. The highest BCUT2D eigenvalue weighted by atomic mass is 16.3. The van der Waals surface area contributed by atoms with E-state index < -0.39 is 0 Å². The number of hydrogen-bond donors (Lipinski definition) is 2. The molecule has 0 saturated heterocycles. The summed E-state index contributed by atoms with van der Waals surface area (Å²) in [7, 11) is 7.40. The Bertz CT molecular complexity index is 1010. The highest BCUT2D eigenvalue weighted by molar-refractivity contribution is 5.87. The summed E-state index contributed by atoms with van der Waals surface area (Å²) in [6.07, 6.45) is 2.59. The molecule has 0 aromatic heterocycles. The Hall–Kier alpha value is -4.30. The van der Waals surface area contributed by atoms with Crippen molar-refractivity contribution in [2.75, 3.05) is 38.0 Å². The van der Waals surface area contributed by atoms with Gasteiger partial charge in [-0.05, 0) is 24.3 Å². The van der Waals surface area contributed by atoms with Crippen LogP contribution in [0.25, 0.3) is 0 Å². The molecule has 2 aromatic carbocycles. The van der Waals surface area contributed by atoms with Gasteiger partial charge in [-0.3, -0.25) is 0 Å². The van der Waals surface area contributed by atoms with Crippen molar-refractivity contribution in [3.8, 4) is 23.6 Å². The average molecular weight is 402 g/mol. The normalized spacial score (nSPS) is 11.8. The molecule has 0 fully saturated rings. The molecule has 0 aliphatic rings.